The minimum atomic E-state index is -4.39. The highest BCUT2D eigenvalue weighted by Crippen LogP contribution is 2.31. The lowest BCUT2D eigenvalue weighted by atomic mass is 10.1. The van der Waals surface area contributed by atoms with Crippen molar-refractivity contribution >= 4 is 5.78 Å². The van der Waals surface area contributed by atoms with Crippen molar-refractivity contribution in [3.05, 3.63) is 41.6 Å². The van der Waals surface area contributed by atoms with Crippen molar-refractivity contribution < 1.29 is 22.5 Å². The molecule has 2 rings (SSSR count). The molecule has 0 radical (unpaired) electrons. The van der Waals surface area contributed by atoms with Gasteiger partial charge in [-0.1, -0.05) is 17.3 Å². The zero-order valence-electron chi connectivity index (χ0n) is 9.28. The van der Waals surface area contributed by atoms with E-state index in [1.165, 1.54) is 25.3 Å². The number of hydrogen-bond acceptors (Lipinski definition) is 3. The van der Waals surface area contributed by atoms with Gasteiger partial charge >= 0.3 is 6.18 Å². The molecule has 0 atom stereocenters. The number of carbonyl (C=O) groups excluding carboxylic acids is 1. The Kier molecular flexibility index (Phi) is 2.94. The van der Waals surface area contributed by atoms with Crippen LogP contribution in [0.15, 0.2) is 35.0 Å². The summed E-state index contributed by atoms with van der Waals surface area (Å²) >= 11 is 0. The summed E-state index contributed by atoms with van der Waals surface area (Å²) in [7, 11) is 0. The van der Waals surface area contributed by atoms with Gasteiger partial charge in [-0.25, -0.2) is 0 Å². The molecule has 0 saturated carbocycles. The Balaban J connectivity index is 2.41. The van der Waals surface area contributed by atoms with Crippen LogP contribution in [-0.4, -0.2) is 10.9 Å². The van der Waals surface area contributed by atoms with Crippen LogP contribution in [0.5, 0.6) is 0 Å². The summed E-state index contributed by atoms with van der Waals surface area (Å²) < 4.78 is 42.0. The average molecular weight is 255 g/mol. The molecule has 0 aliphatic rings. The van der Waals surface area contributed by atoms with E-state index in [2.05, 4.69) is 5.16 Å². The van der Waals surface area contributed by atoms with E-state index in [9.17, 15) is 18.0 Å². The molecule has 0 aliphatic heterocycles. The molecule has 0 unspecified atom stereocenters. The maximum absolute atomic E-state index is 12.4. The van der Waals surface area contributed by atoms with Crippen LogP contribution >= 0.6 is 0 Å². The smallest absolute Gasteiger partial charge is 0.356 e. The second-order valence-corrected chi connectivity index (χ2v) is 3.70. The van der Waals surface area contributed by atoms with Crippen LogP contribution in [0.1, 0.15) is 22.8 Å². The van der Waals surface area contributed by atoms with Crippen molar-refractivity contribution in [3.8, 4) is 11.3 Å². The maximum Gasteiger partial charge on any atom is 0.416 e. The van der Waals surface area contributed by atoms with Gasteiger partial charge in [0.05, 0.1) is 17.3 Å². The number of nitrogens with zero attached hydrogens (tertiary/aromatic N) is 1. The van der Waals surface area contributed by atoms with Crippen molar-refractivity contribution in [2.45, 2.75) is 13.1 Å². The van der Waals surface area contributed by atoms with Crippen LogP contribution in [0.2, 0.25) is 0 Å². The lowest BCUT2D eigenvalue weighted by Crippen LogP contribution is -2.04. The summed E-state index contributed by atoms with van der Waals surface area (Å²) in [6.07, 6.45) is -3.14. The number of carbonyl (C=O) groups is 1. The van der Waals surface area contributed by atoms with Gasteiger partial charge in [-0.3, -0.25) is 4.79 Å². The fourth-order valence-electron chi connectivity index (χ4n) is 1.51. The molecule has 94 valence electrons. The first-order valence-electron chi connectivity index (χ1n) is 5.03. The molecule has 0 saturated heterocycles. The average Bonchev–Trinajstić information content (AvgIpc) is 2.77. The van der Waals surface area contributed by atoms with E-state index >= 15 is 0 Å². The fourth-order valence-corrected chi connectivity index (χ4v) is 1.51. The molecule has 1 aromatic heterocycles. The number of Topliss-reactive ketones (excluding diaryl/α,β-unsaturated/α-hetero) is 1. The molecule has 6 heteroatoms. The standard InChI is InChI=1S/C12H8F3NO2/c1-7(17)10-6-16-18-11(10)8-2-4-9(5-3-8)12(13,14)15/h2-6H,1H3. The van der Waals surface area contributed by atoms with Gasteiger partial charge in [-0.2, -0.15) is 13.2 Å². The van der Waals surface area contributed by atoms with Crippen LogP contribution in [-0.2, 0) is 6.18 Å². The van der Waals surface area contributed by atoms with Crippen molar-refractivity contribution in [1.82, 2.24) is 5.16 Å². The SMILES string of the molecule is CC(=O)c1cnoc1-c1ccc(C(F)(F)F)cc1. The quantitative estimate of drug-likeness (QED) is 0.770. The van der Waals surface area contributed by atoms with Crippen LogP contribution in [0.4, 0.5) is 13.2 Å². The van der Waals surface area contributed by atoms with Crippen molar-refractivity contribution in [1.29, 1.82) is 0 Å². The Morgan fingerprint density at radius 2 is 1.83 bits per heavy atom. The molecule has 18 heavy (non-hydrogen) atoms. The van der Waals surface area contributed by atoms with Crippen LogP contribution in [0.3, 0.4) is 0 Å². The second kappa shape index (κ2) is 4.29. The second-order valence-electron chi connectivity index (χ2n) is 3.70. The third kappa shape index (κ3) is 2.27. The zero-order chi connectivity index (χ0) is 13.3. The summed E-state index contributed by atoms with van der Waals surface area (Å²) in [5, 5.41) is 3.47. The molecule has 0 fully saturated rings. The number of aromatic nitrogens is 1. The molecule has 0 N–H and O–H groups in total. The summed E-state index contributed by atoms with van der Waals surface area (Å²) in [4.78, 5) is 11.2. The van der Waals surface area contributed by atoms with Gasteiger partial charge in [-0.15, -0.1) is 0 Å². The molecule has 0 aliphatic carbocycles. The van der Waals surface area contributed by atoms with Gasteiger partial charge in [0.25, 0.3) is 0 Å². The summed E-state index contributed by atoms with van der Waals surface area (Å²) in [6, 6.07) is 4.36. The van der Waals surface area contributed by atoms with Crippen molar-refractivity contribution in [2.75, 3.05) is 0 Å². The Labute approximate surface area is 100 Å². The topological polar surface area (TPSA) is 43.1 Å². The van der Waals surface area contributed by atoms with E-state index in [0.717, 1.165) is 12.1 Å². The molecule has 0 spiro atoms. The number of rotatable bonds is 2. The first-order valence-corrected chi connectivity index (χ1v) is 5.03. The zero-order valence-corrected chi connectivity index (χ0v) is 9.28. The summed E-state index contributed by atoms with van der Waals surface area (Å²) in [5.74, 6) is -0.0811. The van der Waals surface area contributed by atoms with Gasteiger partial charge in [0.2, 0.25) is 0 Å². The number of alkyl halides is 3. The summed E-state index contributed by atoms with van der Waals surface area (Å²) in [6.45, 7) is 1.33. The first-order chi connectivity index (χ1) is 8.39. The molecule has 0 bridgehead atoms. The Hall–Kier alpha value is -2.11. The van der Waals surface area contributed by atoms with E-state index in [0.29, 0.717) is 5.56 Å². The normalized spacial score (nSPS) is 11.6. The molecule has 2 aromatic rings. The predicted octanol–water partition coefficient (Wildman–Crippen LogP) is 3.56. The number of halogens is 3. The fraction of sp³-hybridized carbons (Fsp3) is 0.167. The van der Waals surface area contributed by atoms with Crippen LogP contribution in [0.25, 0.3) is 11.3 Å². The van der Waals surface area contributed by atoms with E-state index in [1.54, 1.807) is 0 Å². The third-order valence-corrected chi connectivity index (χ3v) is 2.42. The van der Waals surface area contributed by atoms with Crippen LogP contribution in [0, 0.1) is 0 Å². The summed E-state index contributed by atoms with van der Waals surface area (Å²) in [5.41, 5.74) is -0.129. The third-order valence-electron chi connectivity index (χ3n) is 2.42. The van der Waals surface area contributed by atoms with E-state index in [4.69, 9.17) is 4.52 Å². The van der Waals surface area contributed by atoms with Gasteiger partial charge in [-0.05, 0) is 19.1 Å². The van der Waals surface area contributed by atoms with E-state index in [1.807, 2.05) is 0 Å². The highest BCUT2D eigenvalue weighted by molar-refractivity contribution is 5.99. The van der Waals surface area contributed by atoms with Gasteiger partial charge < -0.3 is 4.52 Å². The molecule has 0 amide bonds. The lowest BCUT2D eigenvalue weighted by molar-refractivity contribution is -0.137. The lowest BCUT2D eigenvalue weighted by Gasteiger charge is -2.06. The van der Waals surface area contributed by atoms with Gasteiger partial charge in [0, 0.05) is 5.56 Å². The Morgan fingerprint density at radius 3 is 2.33 bits per heavy atom. The molecule has 1 aromatic carbocycles. The monoisotopic (exact) mass is 255 g/mol. The van der Waals surface area contributed by atoms with Crippen molar-refractivity contribution in [2.24, 2.45) is 0 Å². The van der Waals surface area contributed by atoms with E-state index in [-0.39, 0.29) is 17.1 Å². The van der Waals surface area contributed by atoms with Crippen molar-refractivity contribution in [3.63, 3.8) is 0 Å². The van der Waals surface area contributed by atoms with E-state index < -0.39 is 11.7 Å². The molecular formula is C12H8F3NO2. The Bertz CT molecular complexity index is 570. The molecule has 3 nitrogen and oxygen atoms in total. The minimum Gasteiger partial charge on any atom is -0.356 e. The van der Waals surface area contributed by atoms with Crippen LogP contribution < -0.4 is 0 Å². The maximum atomic E-state index is 12.4. The highest BCUT2D eigenvalue weighted by Gasteiger charge is 2.30. The van der Waals surface area contributed by atoms with Gasteiger partial charge in [0.15, 0.2) is 11.5 Å². The molecule has 1 heterocycles. The largest absolute Gasteiger partial charge is 0.416 e. The highest BCUT2D eigenvalue weighted by atomic mass is 19.4. The minimum absolute atomic E-state index is 0.177. The Morgan fingerprint density at radius 1 is 1.22 bits per heavy atom. The molecular weight excluding hydrogens is 247 g/mol. The number of hydrogen-bond donors (Lipinski definition) is 0. The van der Waals surface area contributed by atoms with Gasteiger partial charge in [0.1, 0.15) is 0 Å². The predicted molar refractivity (Wildman–Crippen MR) is 56.9 cm³/mol. The number of ketones is 1. The number of benzene rings is 1. The first kappa shape index (κ1) is 12.3.